The number of nitrogens with one attached hydrogen (secondary N) is 1. The third-order valence-electron chi connectivity index (χ3n) is 2.19. The molecule has 1 aliphatic carbocycles. The van der Waals surface area contributed by atoms with E-state index >= 15 is 0 Å². The average Bonchev–Trinajstić information content (AvgIpc) is 2.63. The van der Waals surface area contributed by atoms with Crippen molar-refractivity contribution in [1.82, 2.24) is 10.2 Å². The van der Waals surface area contributed by atoms with Crippen molar-refractivity contribution in [3.05, 3.63) is 32.8 Å². The number of allylic oxidation sites excluding steroid dienone is 4. The minimum Gasteiger partial charge on any atom is -0.258 e. The van der Waals surface area contributed by atoms with E-state index in [4.69, 9.17) is 24.4 Å². The predicted molar refractivity (Wildman–Crippen MR) is 70.1 cm³/mol. The smallest absolute Gasteiger partial charge is 0.176 e. The first-order valence-corrected chi connectivity index (χ1v) is 6.32. The van der Waals surface area contributed by atoms with Gasteiger partial charge in [-0.3, -0.25) is 5.10 Å². The summed E-state index contributed by atoms with van der Waals surface area (Å²) in [6.07, 6.45) is 9.02. The zero-order chi connectivity index (χ0) is 10.7. The van der Waals surface area contributed by atoms with E-state index in [0.29, 0.717) is 0 Å². The van der Waals surface area contributed by atoms with Gasteiger partial charge < -0.3 is 0 Å². The molecule has 0 radical (unpaired) electrons. The van der Waals surface area contributed by atoms with Crippen LogP contribution in [0.5, 0.6) is 0 Å². The predicted octanol–water partition coefficient (Wildman–Crippen LogP) is 3.39. The molecule has 0 atom stereocenters. The molecule has 2 rings (SSSR count). The van der Waals surface area contributed by atoms with Crippen LogP contribution in [0.25, 0.3) is 0 Å². The van der Waals surface area contributed by atoms with Crippen molar-refractivity contribution in [3.8, 4) is 0 Å². The molecule has 78 valence electrons. The maximum atomic E-state index is 5.28. The van der Waals surface area contributed by atoms with Crippen LogP contribution in [0.3, 0.4) is 0 Å². The standard InChI is InChI=1S/C10H10N2S3/c13-8-4-2-1-3-7(8)5-6-9-11-12-10(14)15-9/h1-3H,4-6H2,(H,12,14). The van der Waals surface area contributed by atoms with Crippen molar-refractivity contribution in [1.29, 1.82) is 0 Å². The molecule has 1 aromatic rings. The Balaban J connectivity index is 1.98. The Morgan fingerprint density at radius 2 is 2.27 bits per heavy atom. The quantitative estimate of drug-likeness (QED) is 0.838. The van der Waals surface area contributed by atoms with Gasteiger partial charge in [0.25, 0.3) is 0 Å². The molecule has 5 heteroatoms. The second-order valence-electron chi connectivity index (χ2n) is 3.25. The lowest BCUT2D eigenvalue weighted by atomic mass is 10.0. The van der Waals surface area contributed by atoms with Crippen LogP contribution in [0, 0.1) is 3.95 Å². The molecule has 0 aromatic carbocycles. The van der Waals surface area contributed by atoms with Crippen molar-refractivity contribution in [2.45, 2.75) is 19.3 Å². The topological polar surface area (TPSA) is 28.7 Å². The normalized spacial score (nSPS) is 15.5. The summed E-state index contributed by atoms with van der Waals surface area (Å²) in [6, 6.07) is 0. The second kappa shape index (κ2) is 4.92. The van der Waals surface area contributed by atoms with Crippen molar-refractivity contribution < 1.29 is 0 Å². The molecule has 1 N–H and O–H groups in total. The Hall–Kier alpha value is -0.650. The Morgan fingerprint density at radius 3 is 2.93 bits per heavy atom. The van der Waals surface area contributed by atoms with E-state index in [0.717, 1.165) is 33.1 Å². The van der Waals surface area contributed by atoms with Gasteiger partial charge in [0.1, 0.15) is 5.01 Å². The zero-order valence-corrected chi connectivity index (χ0v) is 10.5. The number of thiocarbonyl (C=S) groups is 1. The summed E-state index contributed by atoms with van der Waals surface area (Å²) < 4.78 is 0.741. The summed E-state index contributed by atoms with van der Waals surface area (Å²) in [4.78, 5) is 1.05. The first kappa shape index (κ1) is 10.9. The fourth-order valence-corrected chi connectivity index (χ4v) is 2.62. The fourth-order valence-electron chi connectivity index (χ4n) is 1.42. The van der Waals surface area contributed by atoms with Crippen LogP contribution in [0.15, 0.2) is 23.8 Å². The van der Waals surface area contributed by atoms with Crippen LogP contribution in [0.2, 0.25) is 0 Å². The Labute approximate surface area is 103 Å². The van der Waals surface area contributed by atoms with Crippen molar-refractivity contribution in [3.63, 3.8) is 0 Å². The summed E-state index contributed by atoms with van der Waals surface area (Å²) in [5.41, 5.74) is 1.26. The summed E-state index contributed by atoms with van der Waals surface area (Å²) in [5.74, 6) is 0. The molecule has 1 aliphatic rings. The van der Waals surface area contributed by atoms with Crippen LogP contribution in [-0.2, 0) is 6.42 Å². The van der Waals surface area contributed by atoms with Crippen LogP contribution in [0.4, 0.5) is 0 Å². The van der Waals surface area contributed by atoms with Gasteiger partial charge in [0, 0.05) is 17.7 Å². The van der Waals surface area contributed by atoms with Crippen LogP contribution < -0.4 is 0 Å². The van der Waals surface area contributed by atoms with Gasteiger partial charge in [0.05, 0.1) is 0 Å². The van der Waals surface area contributed by atoms with E-state index in [1.807, 2.05) is 0 Å². The first-order chi connectivity index (χ1) is 7.25. The SMILES string of the molecule is S=C1CC=CC=C1CCc1n[nH]c(=S)s1. The van der Waals surface area contributed by atoms with E-state index in [1.165, 1.54) is 16.9 Å². The van der Waals surface area contributed by atoms with E-state index < -0.39 is 0 Å². The summed E-state index contributed by atoms with van der Waals surface area (Å²) in [7, 11) is 0. The Bertz CT molecular complexity index is 479. The van der Waals surface area contributed by atoms with Gasteiger partial charge >= 0.3 is 0 Å². The minimum atomic E-state index is 0.741. The highest BCUT2D eigenvalue weighted by Gasteiger charge is 2.07. The Kier molecular flexibility index (Phi) is 3.56. The van der Waals surface area contributed by atoms with E-state index in [1.54, 1.807) is 0 Å². The molecule has 0 fully saturated rings. The van der Waals surface area contributed by atoms with Gasteiger partial charge in [-0.15, -0.1) is 0 Å². The van der Waals surface area contributed by atoms with Gasteiger partial charge in [0.15, 0.2) is 3.95 Å². The van der Waals surface area contributed by atoms with Gasteiger partial charge in [-0.05, 0) is 24.2 Å². The fraction of sp³-hybridized carbons (Fsp3) is 0.300. The van der Waals surface area contributed by atoms with Gasteiger partial charge in [-0.1, -0.05) is 41.8 Å². The van der Waals surface area contributed by atoms with Crippen LogP contribution in [0.1, 0.15) is 17.8 Å². The van der Waals surface area contributed by atoms with Gasteiger partial charge in [0.2, 0.25) is 0 Å². The molecule has 0 spiro atoms. The molecule has 0 saturated carbocycles. The van der Waals surface area contributed by atoms with Crippen molar-refractivity contribution in [2.24, 2.45) is 0 Å². The Morgan fingerprint density at radius 1 is 1.40 bits per heavy atom. The highest BCUT2D eigenvalue weighted by molar-refractivity contribution is 7.80. The third-order valence-corrected chi connectivity index (χ3v) is 3.76. The molecule has 1 heterocycles. The number of hydrogen-bond donors (Lipinski definition) is 1. The van der Waals surface area contributed by atoms with Crippen LogP contribution in [-0.4, -0.2) is 15.1 Å². The molecule has 0 bridgehead atoms. The lowest BCUT2D eigenvalue weighted by molar-refractivity contribution is 0.910. The zero-order valence-electron chi connectivity index (χ0n) is 8.03. The number of aromatic amines is 1. The number of rotatable bonds is 3. The molecular formula is C10H10N2S3. The monoisotopic (exact) mass is 254 g/mol. The van der Waals surface area contributed by atoms with Crippen molar-refractivity contribution >= 4 is 40.6 Å². The summed E-state index contributed by atoms with van der Waals surface area (Å²) in [6.45, 7) is 0. The first-order valence-electron chi connectivity index (χ1n) is 4.69. The number of aromatic nitrogens is 2. The van der Waals surface area contributed by atoms with Gasteiger partial charge in [-0.2, -0.15) is 5.10 Å². The molecule has 1 aromatic heterocycles. The molecule has 2 nitrogen and oxygen atoms in total. The second-order valence-corrected chi connectivity index (χ2v) is 5.50. The van der Waals surface area contributed by atoms with E-state index in [-0.39, 0.29) is 0 Å². The average molecular weight is 254 g/mol. The molecule has 0 saturated heterocycles. The summed E-state index contributed by atoms with van der Waals surface area (Å²) >= 11 is 11.8. The molecular weight excluding hydrogens is 244 g/mol. The highest BCUT2D eigenvalue weighted by Crippen LogP contribution is 2.17. The van der Waals surface area contributed by atoms with Crippen LogP contribution >= 0.6 is 35.8 Å². The number of H-pyrrole nitrogens is 1. The molecule has 0 amide bonds. The lowest BCUT2D eigenvalue weighted by Crippen LogP contribution is -2.02. The summed E-state index contributed by atoms with van der Waals surface area (Å²) in [5, 5.41) is 7.96. The molecule has 0 unspecified atom stereocenters. The maximum Gasteiger partial charge on any atom is 0.176 e. The lowest BCUT2D eigenvalue weighted by Gasteiger charge is -2.08. The number of hydrogen-bond acceptors (Lipinski definition) is 4. The van der Waals surface area contributed by atoms with Gasteiger partial charge in [-0.25, -0.2) is 0 Å². The minimum absolute atomic E-state index is 0.741. The number of aryl methyl sites for hydroxylation is 1. The third kappa shape index (κ3) is 2.90. The molecule has 0 aliphatic heterocycles. The van der Waals surface area contributed by atoms with E-state index in [2.05, 4.69) is 28.4 Å². The van der Waals surface area contributed by atoms with E-state index in [9.17, 15) is 0 Å². The molecule has 15 heavy (non-hydrogen) atoms. The largest absolute Gasteiger partial charge is 0.258 e. The van der Waals surface area contributed by atoms with Crippen molar-refractivity contribution in [2.75, 3.05) is 0 Å². The highest BCUT2D eigenvalue weighted by atomic mass is 32.1. The maximum absolute atomic E-state index is 5.28. The number of nitrogens with zero attached hydrogens (tertiary/aromatic N) is 1.